The Bertz CT molecular complexity index is 687. The van der Waals surface area contributed by atoms with Gasteiger partial charge in [0.25, 0.3) is 5.56 Å². The van der Waals surface area contributed by atoms with E-state index >= 15 is 0 Å². The van der Waals surface area contributed by atoms with Gasteiger partial charge in [-0.1, -0.05) is 29.8 Å². The highest BCUT2D eigenvalue weighted by atomic mass is 35.5. The minimum Gasteiger partial charge on any atom is -0.310 e. The summed E-state index contributed by atoms with van der Waals surface area (Å²) in [7, 11) is 0. The van der Waals surface area contributed by atoms with E-state index in [-0.39, 0.29) is 5.56 Å². The number of benzene rings is 1. The number of nitrogens with one attached hydrogen (secondary N) is 1. The number of aromatic nitrogens is 1. The summed E-state index contributed by atoms with van der Waals surface area (Å²) in [4.78, 5) is 12.6. The Morgan fingerprint density at radius 3 is 2.52 bits per heavy atom. The van der Waals surface area contributed by atoms with Crippen LogP contribution in [0, 0.1) is 0 Å². The highest BCUT2D eigenvalue weighted by molar-refractivity contribution is 6.30. The largest absolute Gasteiger partial charge is 0.310 e. The van der Waals surface area contributed by atoms with E-state index in [1.54, 1.807) is 0 Å². The van der Waals surface area contributed by atoms with Crippen LogP contribution in [0.2, 0.25) is 5.02 Å². The van der Waals surface area contributed by atoms with Crippen LogP contribution in [0.15, 0.2) is 41.2 Å². The molecule has 2 aromatic rings. The van der Waals surface area contributed by atoms with Gasteiger partial charge in [-0.3, -0.25) is 4.79 Å². The molecule has 1 aliphatic carbocycles. The van der Waals surface area contributed by atoms with E-state index in [4.69, 9.17) is 11.6 Å². The second-order valence-corrected chi connectivity index (χ2v) is 5.89. The number of hydrogen-bond donors (Lipinski definition) is 1. The van der Waals surface area contributed by atoms with Gasteiger partial charge < -0.3 is 9.88 Å². The third-order valence-electron chi connectivity index (χ3n) is 3.87. The summed E-state index contributed by atoms with van der Waals surface area (Å²) in [6.07, 6.45) is 2.45. The smallest absolute Gasteiger partial charge is 0.255 e. The molecule has 0 spiro atoms. The van der Waals surface area contributed by atoms with Crippen LogP contribution in [-0.4, -0.2) is 10.6 Å². The maximum absolute atomic E-state index is 12.6. The molecule has 1 heterocycles. The molecule has 0 amide bonds. The van der Waals surface area contributed by atoms with Crippen molar-refractivity contribution in [1.29, 1.82) is 0 Å². The van der Waals surface area contributed by atoms with Gasteiger partial charge in [-0.05, 0) is 43.5 Å². The third-order valence-corrected chi connectivity index (χ3v) is 4.12. The molecule has 1 fully saturated rings. The minimum atomic E-state index is 0.0955. The first-order valence-corrected chi connectivity index (χ1v) is 7.79. The Kier molecular flexibility index (Phi) is 4.13. The number of pyridine rings is 1. The van der Waals surface area contributed by atoms with E-state index in [0.717, 1.165) is 16.8 Å². The summed E-state index contributed by atoms with van der Waals surface area (Å²) >= 11 is 5.93. The minimum absolute atomic E-state index is 0.0955. The lowest BCUT2D eigenvalue weighted by molar-refractivity contribution is 0.660. The first-order chi connectivity index (χ1) is 10.2. The number of hydrogen-bond acceptors (Lipinski definition) is 2. The van der Waals surface area contributed by atoms with Crippen molar-refractivity contribution in [2.75, 3.05) is 0 Å². The Hall–Kier alpha value is -1.58. The number of halogens is 1. The van der Waals surface area contributed by atoms with Crippen LogP contribution < -0.4 is 10.9 Å². The molecule has 110 valence electrons. The summed E-state index contributed by atoms with van der Waals surface area (Å²) in [5.74, 6) is 0. The molecule has 1 N–H and O–H groups in total. The quantitative estimate of drug-likeness (QED) is 0.918. The summed E-state index contributed by atoms with van der Waals surface area (Å²) < 4.78 is 1.83. The summed E-state index contributed by atoms with van der Waals surface area (Å²) in [6.45, 7) is 3.32. The van der Waals surface area contributed by atoms with Gasteiger partial charge in [0.2, 0.25) is 0 Å². The second-order valence-electron chi connectivity index (χ2n) is 5.46. The molecular weight excluding hydrogens is 284 g/mol. The van der Waals surface area contributed by atoms with Crippen molar-refractivity contribution >= 4 is 11.6 Å². The van der Waals surface area contributed by atoms with Gasteiger partial charge in [0.05, 0.1) is 5.69 Å². The zero-order valence-corrected chi connectivity index (χ0v) is 12.9. The van der Waals surface area contributed by atoms with E-state index in [1.807, 2.05) is 47.9 Å². The number of rotatable bonds is 5. The van der Waals surface area contributed by atoms with Crippen LogP contribution in [0.5, 0.6) is 0 Å². The molecule has 1 saturated carbocycles. The molecule has 4 heteroatoms. The predicted molar refractivity (Wildman–Crippen MR) is 86.7 cm³/mol. The average Bonchev–Trinajstić information content (AvgIpc) is 3.31. The van der Waals surface area contributed by atoms with Crippen molar-refractivity contribution in [3.63, 3.8) is 0 Å². The van der Waals surface area contributed by atoms with E-state index in [9.17, 15) is 4.79 Å². The van der Waals surface area contributed by atoms with Crippen LogP contribution in [0.1, 0.15) is 25.3 Å². The van der Waals surface area contributed by atoms with Crippen molar-refractivity contribution in [3.05, 3.63) is 57.3 Å². The molecule has 1 aromatic carbocycles. The van der Waals surface area contributed by atoms with Crippen molar-refractivity contribution in [2.24, 2.45) is 0 Å². The second kappa shape index (κ2) is 6.04. The Morgan fingerprint density at radius 2 is 1.90 bits per heavy atom. The zero-order valence-electron chi connectivity index (χ0n) is 12.1. The fourth-order valence-electron chi connectivity index (χ4n) is 2.49. The third kappa shape index (κ3) is 3.20. The SMILES string of the molecule is CCn1c(-c2ccc(Cl)cc2)ccc(CNC2CC2)c1=O. The summed E-state index contributed by atoms with van der Waals surface area (Å²) in [5.41, 5.74) is 2.88. The first kappa shape index (κ1) is 14.4. The maximum Gasteiger partial charge on any atom is 0.255 e. The molecule has 0 unspecified atom stereocenters. The van der Waals surface area contributed by atoms with Gasteiger partial charge in [0, 0.05) is 29.7 Å². The normalized spacial score (nSPS) is 14.4. The molecule has 0 aliphatic heterocycles. The van der Waals surface area contributed by atoms with Gasteiger partial charge in [-0.15, -0.1) is 0 Å². The average molecular weight is 303 g/mol. The molecule has 3 nitrogen and oxygen atoms in total. The van der Waals surface area contributed by atoms with Gasteiger partial charge in [-0.25, -0.2) is 0 Å². The molecule has 0 saturated heterocycles. The van der Waals surface area contributed by atoms with Crippen molar-refractivity contribution in [2.45, 2.75) is 38.9 Å². The van der Waals surface area contributed by atoms with Crippen molar-refractivity contribution in [3.8, 4) is 11.3 Å². The van der Waals surface area contributed by atoms with Crippen LogP contribution in [-0.2, 0) is 13.1 Å². The lowest BCUT2D eigenvalue weighted by Crippen LogP contribution is -2.28. The van der Waals surface area contributed by atoms with E-state index in [2.05, 4.69) is 5.32 Å². The fourth-order valence-corrected chi connectivity index (χ4v) is 2.61. The Morgan fingerprint density at radius 1 is 1.19 bits per heavy atom. The highest BCUT2D eigenvalue weighted by Crippen LogP contribution is 2.22. The molecule has 1 aromatic heterocycles. The number of nitrogens with zero attached hydrogens (tertiary/aromatic N) is 1. The maximum atomic E-state index is 12.6. The monoisotopic (exact) mass is 302 g/mol. The van der Waals surface area contributed by atoms with Gasteiger partial charge in [0.1, 0.15) is 0 Å². The van der Waals surface area contributed by atoms with Crippen LogP contribution in [0.4, 0.5) is 0 Å². The molecule has 0 atom stereocenters. The zero-order chi connectivity index (χ0) is 14.8. The van der Waals surface area contributed by atoms with E-state index in [0.29, 0.717) is 24.2 Å². The van der Waals surface area contributed by atoms with E-state index in [1.165, 1.54) is 12.8 Å². The van der Waals surface area contributed by atoms with Crippen molar-refractivity contribution in [1.82, 2.24) is 9.88 Å². The van der Waals surface area contributed by atoms with Gasteiger partial charge >= 0.3 is 0 Å². The molecule has 0 bridgehead atoms. The lowest BCUT2D eigenvalue weighted by atomic mass is 10.1. The van der Waals surface area contributed by atoms with Crippen molar-refractivity contribution < 1.29 is 0 Å². The molecule has 3 rings (SSSR count). The lowest BCUT2D eigenvalue weighted by Gasteiger charge is -2.13. The van der Waals surface area contributed by atoms with Gasteiger partial charge in [-0.2, -0.15) is 0 Å². The molecule has 21 heavy (non-hydrogen) atoms. The molecule has 0 radical (unpaired) electrons. The predicted octanol–water partition coefficient (Wildman–Crippen LogP) is 3.44. The molecular formula is C17H19ClN2O. The first-order valence-electron chi connectivity index (χ1n) is 7.41. The fraction of sp³-hybridized carbons (Fsp3) is 0.353. The highest BCUT2D eigenvalue weighted by Gasteiger charge is 2.20. The Labute approximate surface area is 129 Å². The van der Waals surface area contributed by atoms with Crippen LogP contribution in [0.3, 0.4) is 0 Å². The standard InChI is InChI=1S/C17H19ClN2O/c1-2-20-16(12-3-6-14(18)7-4-12)10-5-13(17(20)21)11-19-15-8-9-15/h3-7,10,15,19H,2,8-9,11H2,1H3. The summed E-state index contributed by atoms with van der Waals surface area (Å²) in [5, 5.41) is 4.10. The van der Waals surface area contributed by atoms with E-state index < -0.39 is 0 Å². The summed E-state index contributed by atoms with van der Waals surface area (Å²) in [6, 6.07) is 12.2. The Balaban J connectivity index is 1.95. The molecule has 1 aliphatic rings. The topological polar surface area (TPSA) is 34.0 Å². The van der Waals surface area contributed by atoms with Crippen LogP contribution in [0.25, 0.3) is 11.3 Å². The van der Waals surface area contributed by atoms with Crippen LogP contribution >= 0.6 is 11.6 Å². The van der Waals surface area contributed by atoms with Gasteiger partial charge in [0.15, 0.2) is 0 Å².